The summed E-state index contributed by atoms with van der Waals surface area (Å²) >= 11 is 6.21. The summed E-state index contributed by atoms with van der Waals surface area (Å²) in [5.74, 6) is -3.11. The number of hydrogen-bond donors (Lipinski definition) is 1. The van der Waals surface area contributed by atoms with Crippen LogP contribution in [0.3, 0.4) is 0 Å². The van der Waals surface area contributed by atoms with Gasteiger partial charge in [0.15, 0.2) is 11.7 Å². The number of nitrogens with zero attached hydrogens (tertiary/aromatic N) is 2. The third-order valence-corrected chi connectivity index (χ3v) is 4.70. The average Bonchev–Trinajstić information content (AvgIpc) is 2.71. The van der Waals surface area contributed by atoms with E-state index in [2.05, 4.69) is 15.3 Å². The number of aliphatic imine (C=N–C) groups is 1. The molecular weight excluding hydrogens is 423 g/mol. The highest BCUT2D eigenvalue weighted by molar-refractivity contribution is 6.31. The molecule has 0 fully saturated rings. The monoisotopic (exact) mass is 439 g/mol. The molecule has 0 saturated carbocycles. The van der Waals surface area contributed by atoms with Gasteiger partial charge in [-0.1, -0.05) is 17.7 Å². The van der Waals surface area contributed by atoms with Gasteiger partial charge in [-0.15, -0.1) is 0 Å². The first-order valence-corrected chi connectivity index (χ1v) is 9.15. The maximum Gasteiger partial charge on any atom is 0.338 e. The first-order chi connectivity index (χ1) is 14.3. The molecule has 1 aliphatic rings. The number of halogens is 4. The Bertz CT molecular complexity index is 1040. The number of hydrogen-bond acceptors (Lipinski definition) is 6. The van der Waals surface area contributed by atoms with E-state index in [1.165, 1.54) is 26.4 Å². The summed E-state index contributed by atoms with van der Waals surface area (Å²) in [5, 5.41) is 2.89. The summed E-state index contributed by atoms with van der Waals surface area (Å²) in [6.07, 6.45) is 1.06. The van der Waals surface area contributed by atoms with Crippen LogP contribution in [-0.4, -0.2) is 37.6 Å². The van der Waals surface area contributed by atoms with E-state index in [0.29, 0.717) is 17.3 Å². The van der Waals surface area contributed by atoms with Gasteiger partial charge >= 0.3 is 5.97 Å². The minimum atomic E-state index is -1.04. The van der Waals surface area contributed by atoms with Gasteiger partial charge in [0.05, 0.1) is 25.5 Å². The highest BCUT2D eigenvalue weighted by Gasteiger charge is 2.34. The third kappa shape index (κ3) is 4.47. The van der Waals surface area contributed by atoms with Crippen molar-refractivity contribution in [2.45, 2.75) is 12.5 Å². The van der Waals surface area contributed by atoms with Gasteiger partial charge in [0.2, 0.25) is 0 Å². The maximum absolute atomic E-state index is 14.4. The Balaban J connectivity index is 2.20. The molecule has 1 aromatic heterocycles. The quantitative estimate of drug-likeness (QED) is 0.695. The van der Waals surface area contributed by atoms with Gasteiger partial charge in [-0.05, 0) is 12.1 Å². The molecule has 0 saturated heterocycles. The van der Waals surface area contributed by atoms with Crippen LogP contribution in [-0.2, 0) is 14.3 Å². The van der Waals surface area contributed by atoms with E-state index in [4.69, 9.17) is 21.1 Å². The maximum atomic E-state index is 14.4. The zero-order valence-corrected chi connectivity index (χ0v) is 16.8. The summed E-state index contributed by atoms with van der Waals surface area (Å²) in [5.41, 5.74) is 0.493. The molecule has 3 rings (SSSR count). The molecule has 1 atom stereocenters. The van der Waals surface area contributed by atoms with Gasteiger partial charge in [-0.25, -0.2) is 22.9 Å². The number of benzene rings is 1. The second-order valence-corrected chi connectivity index (χ2v) is 6.69. The van der Waals surface area contributed by atoms with Gasteiger partial charge < -0.3 is 14.8 Å². The Kier molecular flexibility index (Phi) is 6.73. The van der Waals surface area contributed by atoms with E-state index in [1.807, 2.05) is 0 Å². The molecule has 1 aliphatic heterocycles. The second-order valence-electron chi connectivity index (χ2n) is 6.28. The van der Waals surface area contributed by atoms with Gasteiger partial charge in [-0.2, -0.15) is 0 Å². The number of nitrogens with one attached hydrogen (secondary N) is 1. The summed E-state index contributed by atoms with van der Waals surface area (Å²) < 4.78 is 51.2. The third-order valence-electron chi connectivity index (χ3n) is 4.38. The Morgan fingerprint density at radius 1 is 1.20 bits per heavy atom. The zero-order valence-electron chi connectivity index (χ0n) is 16.0. The lowest BCUT2D eigenvalue weighted by molar-refractivity contribution is -0.136. The van der Waals surface area contributed by atoms with E-state index in [9.17, 15) is 18.0 Å². The number of esters is 1. The average molecular weight is 440 g/mol. The molecule has 2 aromatic rings. The van der Waals surface area contributed by atoms with Gasteiger partial charge in [-0.3, -0.25) is 4.99 Å². The van der Waals surface area contributed by atoms with Crippen molar-refractivity contribution in [3.8, 4) is 0 Å². The van der Waals surface area contributed by atoms with Crippen molar-refractivity contribution in [2.75, 3.05) is 20.8 Å². The molecule has 6 nitrogen and oxygen atoms in total. The number of pyridine rings is 1. The van der Waals surface area contributed by atoms with E-state index in [1.54, 1.807) is 0 Å². The lowest BCUT2D eigenvalue weighted by Gasteiger charge is -2.27. The molecule has 30 heavy (non-hydrogen) atoms. The van der Waals surface area contributed by atoms with Crippen molar-refractivity contribution in [3.63, 3.8) is 0 Å². The number of aromatic nitrogens is 1. The molecule has 0 spiro atoms. The van der Waals surface area contributed by atoms with Crippen LogP contribution in [0.4, 0.5) is 13.2 Å². The molecule has 0 bridgehead atoms. The number of ether oxygens (including phenoxy) is 2. The number of methoxy groups -OCH3 is 2. The topological polar surface area (TPSA) is 72.8 Å². The van der Waals surface area contributed by atoms with E-state index in [0.717, 1.165) is 12.3 Å². The lowest BCUT2D eigenvalue weighted by atomic mass is 9.94. The standard InChI is InChI=1S/C20H17ClF3N3O3/c1-29-6-5-15-16(20(28)30-2)17(12-4-3-10(22)7-13(12)21)27-19(26-15)18-14(24)8-11(23)9-25-18/h3-4,7-9,17H,5-6H2,1-2H3,(H,26,27)/t17-/m0/s1. The summed E-state index contributed by atoms with van der Waals surface area (Å²) in [6.45, 7) is 0.222. The first-order valence-electron chi connectivity index (χ1n) is 8.77. The Morgan fingerprint density at radius 2 is 1.97 bits per heavy atom. The highest BCUT2D eigenvalue weighted by atomic mass is 35.5. The van der Waals surface area contributed by atoms with Gasteiger partial charge in [0.25, 0.3) is 0 Å². The Labute approximate surface area is 175 Å². The smallest absolute Gasteiger partial charge is 0.338 e. The van der Waals surface area contributed by atoms with Crippen LogP contribution in [0, 0.1) is 17.5 Å². The molecule has 1 N–H and O–H groups in total. The van der Waals surface area contributed by atoms with Crippen molar-refractivity contribution < 1.29 is 27.4 Å². The summed E-state index contributed by atoms with van der Waals surface area (Å²) in [6, 6.07) is 3.24. The summed E-state index contributed by atoms with van der Waals surface area (Å²) in [4.78, 5) is 20.7. The fraction of sp³-hybridized carbons (Fsp3) is 0.250. The number of carbonyl (C=O) groups is 1. The van der Waals surface area contributed by atoms with Crippen LogP contribution >= 0.6 is 11.6 Å². The van der Waals surface area contributed by atoms with Crippen LogP contribution < -0.4 is 5.32 Å². The highest BCUT2D eigenvalue weighted by Crippen LogP contribution is 2.37. The van der Waals surface area contributed by atoms with Crippen LogP contribution in [0.15, 0.2) is 46.7 Å². The Hall–Kier alpha value is -2.91. The summed E-state index contributed by atoms with van der Waals surface area (Å²) in [7, 11) is 2.68. The largest absolute Gasteiger partial charge is 0.466 e. The van der Waals surface area contributed by atoms with Gasteiger partial charge in [0.1, 0.15) is 23.4 Å². The van der Waals surface area contributed by atoms with Crippen LogP contribution in [0.2, 0.25) is 5.02 Å². The molecule has 0 unspecified atom stereocenters. The van der Waals surface area contributed by atoms with Crippen LogP contribution in [0.25, 0.3) is 0 Å². The zero-order chi connectivity index (χ0) is 21.8. The number of carbonyl (C=O) groups excluding carboxylic acids is 1. The SMILES string of the molecule is COCCC1=C(C(=O)OC)[C@H](c2ccc(F)cc2Cl)N=C(c2ncc(F)cc2F)N1. The molecule has 1 aromatic carbocycles. The second kappa shape index (κ2) is 9.27. The number of amidine groups is 1. The van der Waals surface area contributed by atoms with Crippen LogP contribution in [0.1, 0.15) is 23.7 Å². The van der Waals surface area contributed by atoms with Crippen molar-refractivity contribution in [2.24, 2.45) is 4.99 Å². The molecule has 158 valence electrons. The van der Waals surface area contributed by atoms with Crippen molar-refractivity contribution in [3.05, 3.63) is 75.5 Å². The fourth-order valence-electron chi connectivity index (χ4n) is 3.00. The van der Waals surface area contributed by atoms with E-state index >= 15 is 0 Å². The Morgan fingerprint density at radius 3 is 2.60 bits per heavy atom. The molecule has 0 radical (unpaired) electrons. The number of rotatable bonds is 6. The van der Waals surface area contributed by atoms with E-state index in [-0.39, 0.29) is 35.2 Å². The molecule has 0 amide bonds. The predicted octanol–water partition coefficient (Wildman–Crippen LogP) is 3.71. The van der Waals surface area contributed by atoms with Crippen molar-refractivity contribution in [1.82, 2.24) is 10.3 Å². The minimum Gasteiger partial charge on any atom is -0.466 e. The fourth-order valence-corrected chi connectivity index (χ4v) is 3.28. The molecular formula is C20H17ClF3N3O3. The molecule has 2 heterocycles. The lowest BCUT2D eigenvalue weighted by Crippen LogP contribution is -2.35. The van der Waals surface area contributed by atoms with Crippen LogP contribution in [0.5, 0.6) is 0 Å². The van der Waals surface area contributed by atoms with Gasteiger partial charge in [0, 0.05) is 35.9 Å². The van der Waals surface area contributed by atoms with Crippen molar-refractivity contribution in [1.29, 1.82) is 0 Å². The van der Waals surface area contributed by atoms with E-state index < -0.39 is 29.5 Å². The minimum absolute atomic E-state index is 0.0185. The molecule has 0 aliphatic carbocycles. The molecule has 10 heteroatoms. The van der Waals surface area contributed by atoms with Crippen molar-refractivity contribution >= 4 is 23.4 Å². The first kappa shape index (κ1) is 21.8. The normalized spacial score (nSPS) is 16.2. The predicted molar refractivity (Wildman–Crippen MR) is 104 cm³/mol.